The van der Waals surface area contributed by atoms with Gasteiger partial charge in [-0.1, -0.05) is 84.9 Å². The number of hydrogen-bond donors (Lipinski definition) is 2. The molecule has 6 nitrogen and oxygen atoms in total. The minimum atomic E-state index is 0.733. The Balaban J connectivity index is 1.12. The van der Waals surface area contributed by atoms with Crippen LogP contribution >= 0.6 is 0 Å². The van der Waals surface area contributed by atoms with Crippen molar-refractivity contribution in [2.24, 2.45) is 20.5 Å². The lowest BCUT2D eigenvalue weighted by Crippen LogP contribution is -1.86. The maximum atomic E-state index is 6.09. The predicted molar refractivity (Wildman–Crippen MR) is 167 cm³/mol. The summed E-state index contributed by atoms with van der Waals surface area (Å²) in [7, 11) is 0. The van der Waals surface area contributed by atoms with E-state index >= 15 is 0 Å². The lowest BCUT2D eigenvalue weighted by molar-refractivity contribution is 1.24. The zero-order chi connectivity index (χ0) is 27.3. The van der Waals surface area contributed by atoms with Crippen molar-refractivity contribution in [1.29, 1.82) is 0 Å². The van der Waals surface area contributed by atoms with E-state index in [0.29, 0.717) is 0 Å². The molecule has 6 heteroatoms. The van der Waals surface area contributed by atoms with Gasteiger partial charge in [0, 0.05) is 32.9 Å². The topological polar surface area (TPSA) is 101 Å². The minimum Gasteiger partial charge on any atom is -0.398 e. The highest BCUT2D eigenvalue weighted by molar-refractivity contribution is 6.00. The van der Waals surface area contributed by atoms with Crippen molar-refractivity contribution in [1.82, 2.24) is 0 Å². The molecule has 0 atom stereocenters. The highest BCUT2D eigenvalue weighted by Crippen LogP contribution is 2.32. The molecule has 4 N–H and O–H groups in total. The maximum Gasteiger partial charge on any atom is 0.0936 e. The Morgan fingerprint density at radius 1 is 0.375 bits per heavy atom. The van der Waals surface area contributed by atoms with E-state index in [4.69, 9.17) is 11.5 Å². The summed E-state index contributed by atoms with van der Waals surface area (Å²) >= 11 is 0. The number of nitrogens with zero attached hydrogens (tertiary/aromatic N) is 4. The lowest BCUT2D eigenvalue weighted by atomic mass is 10.1. The zero-order valence-corrected chi connectivity index (χ0v) is 21.6. The zero-order valence-electron chi connectivity index (χ0n) is 21.6. The molecular formula is C34H26N6. The van der Waals surface area contributed by atoms with Gasteiger partial charge in [-0.15, -0.1) is 10.2 Å². The molecule has 0 saturated carbocycles. The summed E-state index contributed by atoms with van der Waals surface area (Å²) in [5.41, 5.74) is 18.9. The molecule has 0 amide bonds. The Bertz CT molecular complexity index is 1760. The van der Waals surface area contributed by atoms with Crippen LogP contribution < -0.4 is 11.5 Å². The van der Waals surface area contributed by atoms with Crippen LogP contribution in [0.15, 0.2) is 142 Å². The number of nitrogens with two attached hydrogens (primary N) is 2. The van der Waals surface area contributed by atoms with Gasteiger partial charge in [-0.25, -0.2) is 0 Å². The van der Waals surface area contributed by atoms with Gasteiger partial charge in [0.2, 0.25) is 0 Å². The van der Waals surface area contributed by atoms with Gasteiger partial charge in [-0.3, -0.25) is 0 Å². The van der Waals surface area contributed by atoms with Crippen molar-refractivity contribution in [2.75, 3.05) is 11.5 Å². The van der Waals surface area contributed by atoms with E-state index in [1.807, 2.05) is 121 Å². The predicted octanol–water partition coefficient (Wildman–Crippen LogP) is 10.2. The number of benzene rings is 6. The number of fused-ring (bicyclic) bond motifs is 2. The Kier molecular flexibility index (Phi) is 6.80. The normalized spacial score (nSPS) is 11.9. The first-order valence-electron chi connectivity index (χ1n) is 12.9. The summed E-state index contributed by atoms with van der Waals surface area (Å²) in [5, 5.41) is 21.7. The average molecular weight is 519 g/mol. The molecule has 6 aromatic carbocycles. The van der Waals surface area contributed by atoms with Crippen LogP contribution in [0.4, 0.5) is 34.1 Å². The van der Waals surface area contributed by atoms with Crippen molar-refractivity contribution >= 4 is 67.8 Å². The van der Waals surface area contributed by atoms with Crippen LogP contribution in [-0.4, -0.2) is 0 Å². The molecular weight excluding hydrogens is 492 g/mol. The second-order valence-corrected chi connectivity index (χ2v) is 9.36. The van der Waals surface area contributed by atoms with E-state index in [2.05, 4.69) is 32.6 Å². The van der Waals surface area contributed by atoms with Crippen molar-refractivity contribution in [3.05, 3.63) is 132 Å². The van der Waals surface area contributed by atoms with Gasteiger partial charge >= 0.3 is 0 Å². The monoisotopic (exact) mass is 518 g/mol. The van der Waals surface area contributed by atoms with Crippen molar-refractivity contribution in [2.45, 2.75) is 0 Å². The fourth-order valence-electron chi connectivity index (χ4n) is 4.51. The Morgan fingerprint density at radius 3 is 1.15 bits per heavy atom. The van der Waals surface area contributed by atoms with Gasteiger partial charge in [0.1, 0.15) is 0 Å². The lowest BCUT2D eigenvalue weighted by Gasteiger charge is -2.04. The van der Waals surface area contributed by atoms with Crippen molar-refractivity contribution in [3.63, 3.8) is 0 Å². The Hall–Kier alpha value is -5.62. The second-order valence-electron chi connectivity index (χ2n) is 9.36. The van der Waals surface area contributed by atoms with E-state index in [9.17, 15) is 0 Å². The average Bonchev–Trinajstić information content (AvgIpc) is 3.01. The smallest absolute Gasteiger partial charge is 0.0936 e. The Morgan fingerprint density at radius 2 is 0.750 bits per heavy atom. The fraction of sp³-hybridized carbons (Fsp3) is 0. The van der Waals surface area contributed by atoms with Crippen LogP contribution in [0, 0.1) is 0 Å². The van der Waals surface area contributed by atoms with E-state index in [1.165, 1.54) is 0 Å². The molecule has 0 unspecified atom stereocenters. The third-order valence-electron chi connectivity index (χ3n) is 6.67. The first-order chi connectivity index (χ1) is 19.6. The first kappa shape index (κ1) is 24.7. The third kappa shape index (κ3) is 5.33. The number of hydrogen-bond acceptors (Lipinski definition) is 6. The molecule has 0 heterocycles. The highest BCUT2D eigenvalue weighted by Gasteiger charge is 2.04. The van der Waals surface area contributed by atoms with Crippen molar-refractivity contribution < 1.29 is 0 Å². The molecule has 0 aromatic heterocycles. The van der Waals surface area contributed by atoms with E-state index in [1.54, 1.807) is 0 Å². The van der Waals surface area contributed by atoms with Gasteiger partial charge in [0.05, 0.1) is 22.7 Å². The summed E-state index contributed by atoms with van der Waals surface area (Å²) in [6.07, 6.45) is 4.12. The fourth-order valence-corrected chi connectivity index (χ4v) is 4.51. The first-order valence-corrected chi connectivity index (χ1v) is 12.9. The summed E-state index contributed by atoms with van der Waals surface area (Å²) in [6, 6.07) is 39.3. The summed E-state index contributed by atoms with van der Waals surface area (Å²) in [6.45, 7) is 0. The van der Waals surface area contributed by atoms with Gasteiger partial charge in [0.15, 0.2) is 0 Å². The molecule has 6 rings (SSSR count). The number of azo groups is 2. The molecule has 0 bridgehead atoms. The molecule has 40 heavy (non-hydrogen) atoms. The standard InChI is InChI=1S/C34H26N6/c35-31-19-21-33(29-7-3-1-5-27(29)31)39-37-25-15-11-23(12-16-25)9-10-24-13-17-26(18-14-24)38-40-34-22-20-32(36)28-6-2-4-8-30(28)34/h1-22H,35-36H2/b10-9+,39-37?,40-38?. The molecule has 0 fully saturated rings. The minimum absolute atomic E-state index is 0.733. The molecule has 0 radical (unpaired) electrons. The third-order valence-corrected chi connectivity index (χ3v) is 6.67. The number of rotatable bonds is 6. The molecule has 0 spiro atoms. The van der Waals surface area contributed by atoms with E-state index in [0.717, 1.165) is 66.8 Å². The molecule has 0 aliphatic heterocycles. The van der Waals surface area contributed by atoms with Gasteiger partial charge in [-0.2, -0.15) is 10.2 Å². The summed E-state index contributed by atoms with van der Waals surface area (Å²) < 4.78 is 0. The Labute approximate surface area is 232 Å². The maximum absolute atomic E-state index is 6.09. The van der Waals surface area contributed by atoms with Crippen LogP contribution in [0.3, 0.4) is 0 Å². The van der Waals surface area contributed by atoms with Crippen LogP contribution in [0.25, 0.3) is 33.7 Å². The van der Waals surface area contributed by atoms with Gasteiger partial charge in [0.25, 0.3) is 0 Å². The van der Waals surface area contributed by atoms with E-state index < -0.39 is 0 Å². The van der Waals surface area contributed by atoms with Crippen LogP contribution in [0.5, 0.6) is 0 Å². The van der Waals surface area contributed by atoms with Crippen LogP contribution in [0.1, 0.15) is 11.1 Å². The summed E-state index contributed by atoms with van der Waals surface area (Å²) in [4.78, 5) is 0. The molecule has 6 aromatic rings. The van der Waals surface area contributed by atoms with E-state index in [-0.39, 0.29) is 0 Å². The molecule has 0 saturated heterocycles. The molecule has 0 aliphatic carbocycles. The van der Waals surface area contributed by atoms with Gasteiger partial charge < -0.3 is 11.5 Å². The molecule has 192 valence electrons. The summed E-state index contributed by atoms with van der Waals surface area (Å²) in [5.74, 6) is 0. The quantitative estimate of drug-likeness (QED) is 0.130. The van der Waals surface area contributed by atoms with Crippen LogP contribution in [-0.2, 0) is 0 Å². The number of nitrogen functional groups attached to an aromatic ring is 2. The second kappa shape index (κ2) is 11.0. The molecule has 0 aliphatic rings. The number of anilines is 2. The van der Waals surface area contributed by atoms with Crippen LogP contribution in [0.2, 0.25) is 0 Å². The SMILES string of the molecule is Nc1ccc(N=Nc2ccc(/C=C/c3ccc(N=Nc4ccc(N)c5ccccc45)cc3)cc2)c2ccccc12. The van der Waals surface area contributed by atoms with Gasteiger partial charge in [-0.05, 0) is 59.7 Å². The highest BCUT2D eigenvalue weighted by atomic mass is 15.1. The largest absolute Gasteiger partial charge is 0.398 e. The van der Waals surface area contributed by atoms with Crippen molar-refractivity contribution in [3.8, 4) is 0 Å².